The van der Waals surface area contributed by atoms with E-state index >= 15 is 0 Å². The lowest BCUT2D eigenvalue weighted by Gasteiger charge is -2.46. The molecule has 0 radical (unpaired) electrons. The molecular weight excluding hydrogens is 436 g/mol. The smallest absolute Gasteiger partial charge is 0.227 e. The van der Waals surface area contributed by atoms with Gasteiger partial charge in [-0.05, 0) is 73.0 Å². The maximum atomic E-state index is 13.6. The second kappa shape index (κ2) is 12.8. The second-order valence-corrected chi connectivity index (χ2v) is 10.3. The molecule has 0 aliphatic heterocycles. The Hall–Kier alpha value is -2.72. The van der Waals surface area contributed by atoms with Crippen molar-refractivity contribution < 1.29 is 19.1 Å². The number of rotatable bonds is 12. The van der Waals surface area contributed by atoms with Crippen molar-refractivity contribution in [3.8, 4) is 0 Å². The van der Waals surface area contributed by atoms with Gasteiger partial charge in [-0.25, -0.2) is 0 Å². The number of Topliss-reactive ketones (excluding diaryl/α,β-unsaturated/α-hetero) is 1. The molecule has 0 amide bonds. The van der Waals surface area contributed by atoms with Crippen LogP contribution in [0.15, 0.2) is 76.1 Å². The van der Waals surface area contributed by atoms with Crippen LogP contribution in [0.5, 0.6) is 0 Å². The van der Waals surface area contributed by atoms with Crippen LogP contribution in [-0.4, -0.2) is 31.4 Å². The average molecular weight is 481 g/mol. The lowest BCUT2D eigenvalue weighted by atomic mass is 9.65. The molecule has 192 valence electrons. The fourth-order valence-corrected chi connectivity index (χ4v) is 4.36. The van der Waals surface area contributed by atoms with E-state index in [9.17, 15) is 9.59 Å². The van der Waals surface area contributed by atoms with Gasteiger partial charge in [-0.2, -0.15) is 0 Å². The summed E-state index contributed by atoms with van der Waals surface area (Å²) in [6.07, 6.45) is 5.62. The van der Waals surface area contributed by atoms with E-state index in [-0.39, 0.29) is 17.3 Å². The van der Waals surface area contributed by atoms with Crippen LogP contribution in [0.3, 0.4) is 0 Å². The Bertz CT molecular complexity index is 1030. The molecule has 1 unspecified atom stereocenters. The summed E-state index contributed by atoms with van der Waals surface area (Å²) in [5.41, 5.74) is 3.26. The van der Waals surface area contributed by atoms with Crippen LogP contribution in [0.1, 0.15) is 85.5 Å². The number of ether oxygens (including phenoxy) is 2. The number of hydrogen-bond donors (Lipinski definition) is 0. The molecule has 0 aromatic heterocycles. The summed E-state index contributed by atoms with van der Waals surface area (Å²) in [4.78, 5) is 26.9. The summed E-state index contributed by atoms with van der Waals surface area (Å²) in [5, 5.41) is 0. The first-order valence-electron chi connectivity index (χ1n) is 12.2. The Balaban J connectivity index is 3.56. The molecule has 0 saturated heterocycles. The minimum atomic E-state index is -1.01. The average Bonchev–Trinajstić information content (AvgIpc) is 2.79. The van der Waals surface area contributed by atoms with Gasteiger partial charge in [0, 0.05) is 23.7 Å². The normalized spacial score (nSPS) is 14.4. The number of ketones is 2. The second-order valence-electron chi connectivity index (χ2n) is 10.3. The highest BCUT2D eigenvalue weighted by molar-refractivity contribution is 6.08. The van der Waals surface area contributed by atoms with Crippen molar-refractivity contribution in [3.05, 3.63) is 81.7 Å². The lowest BCUT2D eigenvalue weighted by molar-refractivity contribution is -0.116. The summed E-state index contributed by atoms with van der Waals surface area (Å²) in [6.45, 7) is 17.8. The van der Waals surface area contributed by atoms with Crippen molar-refractivity contribution in [2.45, 2.75) is 80.8 Å². The summed E-state index contributed by atoms with van der Waals surface area (Å²) < 4.78 is 11.8. The van der Waals surface area contributed by atoms with Crippen molar-refractivity contribution in [1.82, 2.24) is 0 Å². The maximum absolute atomic E-state index is 13.6. The van der Waals surface area contributed by atoms with E-state index in [4.69, 9.17) is 9.47 Å². The first-order valence-corrected chi connectivity index (χ1v) is 12.2. The highest BCUT2D eigenvalue weighted by atomic mass is 16.5. The summed E-state index contributed by atoms with van der Waals surface area (Å²) in [5.74, 6) is -0.00558. The van der Waals surface area contributed by atoms with Crippen molar-refractivity contribution in [3.63, 3.8) is 0 Å². The molecule has 1 aromatic rings. The van der Waals surface area contributed by atoms with Gasteiger partial charge in [0.25, 0.3) is 0 Å². The highest BCUT2D eigenvalue weighted by Gasteiger charge is 2.49. The number of benzene rings is 1. The molecule has 0 N–H and O–H groups in total. The predicted octanol–water partition coefficient (Wildman–Crippen LogP) is 7.82. The molecule has 0 fully saturated rings. The Morgan fingerprint density at radius 3 is 1.94 bits per heavy atom. The van der Waals surface area contributed by atoms with Crippen LogP contribution in [0.25, 0.3) is 0 Å². The number of hydrogen-bond acceptors (Lipinski definition) is 4. The SMILES string of the molecule is CO/C(C(=O)c1ccccc1)=C(\C)C(C)(C)C(C)(OC)C(C(=O)/C=C(\C)CCC=C(C)C)=C(C)C. The topological polar surface area (TPSA) is 52.6 Å². The third kappa shape index (κ3) is 7.14. The van der Waals surface area contributed by atoms with Gasteiger partial charge in [0.1, 0.15) is 5.60 Å². The molecule has 0 heterocycles. The Kier molecular flexibility index (Phi) is 11.1. The number of methoxy groups -OCH3 is 2. The van der Waals surface area contributed by atoms with E-state index in [1.165, 1.54) is 12.7 Å². The van der Waals surface area contributed by atoms with E-state index in [2.05, 4.69) is 19.9 Å². The van der Waals surface area contributed by atoms with E-state index < -0.39 is 11.0 Å². The monoisotopic (exact) mass is 480 g/mol. The van der Waals surface area contributed by atoms with Crippen LogP contribution in [0.4, 0.5) is 0 Å². The first kappa shape index (κ1) is 30.3. The molecule has 0 saturated carbocycles. The molecule has 1 aromatic carbocycles. The van der Waals surface area contributed by atoms with Gasteiger partial charge < -0.3 is 9.47 Å². The molecule has 1 rings (SSSR count). The van der Waals surface area contributed by atoms with E-state index in [1.807, 2.05) is 66.7 Å². The Morgan fingerprint density at radius 2 is 1.49 bits per heavy atom. The van der Waals surface area contributed by atoms with Gasteiger partial charge >= 0.3 is 0 Å². The summed E-state index contributed by atoms with van der Waals surface area (Å²) >= 11 is 0. The molecule has 4 heteroatoms. The van der Waals surface area contributed by atoms with E-state index in [0.717, 1.165) is 24.0 Å². The van der Waals surface area contributed by atoms with Gasteiger partial charge in [-0.15, -0.1) is 0 Å². The van der Waals surface area contributed by atoms with Crippen molar-refractivity contribution in [1.29, 1.82) is 0 Å². The number of carbonyl (C=O) groups excluding carboxylic acids is 2. The third-order valence-corrected chi connectivity index (χ3v) is 7.02. The minimum absolute atomic E-state index is 0.0710. The maximum Gasteiger partial charge on any atom is 0.227 e. The van der Waals surface area contributed by atoms with Gasteiger partial charge in [0.2, 0.25) is 5.78 Å². The standard InChI is InChI=1S/C31H44O4/c1-21(2)16-15-17-23(5)20-26(32)27(22(3)4)31(9,35-11)30(7,8)24(6)29(34-10)28(33)25-18-13-12-14-19-25/h12-14,16,18-20H,15,17H2,1-11H3/b23-20+,29-24+. The quantitative estimate of drug-likeness (QED) is 0.132. The summed E-state index contributed by atoms with van der Waals surface area (Å²) in [6, 6.07) is 9.06. The molecule has 0 aliphatic carbocycles. The molecule has 1 atom stereocenters. The largest absolute Gasteiger partial charge is 0.493 e. The Labute approximate surface area is 212 Å². The first-order chi connectivity index (χ1) is 16.2. The number of allylic oxidation sites excluding steroid dienone is 6. The molecule has 0 aliphatic rings. The van der Waals surface area contributed by atoms with Crippen LogP contribution in [0.2, 0.25) is 0 Å². The Morgan fingerprint density at radius 1 is 0.914 bits per heavy atom. The predicted molar refractivity (Wildman–Crippen MR) is 145 cm³/mol. The van der Waals surface area contributed by atoms with Gasteiger partial charge in [-0.3, -0.25) is 9.59 Å². The van der Waals surface area contributed by atoms with Crippen molar-refractivity contribution in [2.24, 2.45) is 5.41 Å². The van der Waals surface area contributed by atoms with Gasteiger partial charge in [-0.1, -0.05) is 67.0 Å². The van der Waals surface area contributed by atoms with E-state index in [1.54, 1.807) is 25.3 Å². The zero-order chi connectivity index (χ0) is 27.0. The van der Waals surface area contributed by atoms with Crippen LogP contribution in [0, 0.1) is 5.41 Å². The van der Waals surface area contributed by atoms with Gasteiger partial charge in [0.05, 0.1) is 7.11 Å². The van der Waals surface area contributed by atoms with Crippen molar-refractivity contribution >= 4 is 11.6 Å². The molecule has 0 bridgehead atoms. The third-order valence-electron chi connectivity index (χ3n) is 7.02. The molecule has 35 heavy (non-hydrogen) atoms. The van der Waals surface area contributed by atoms with Crippen LogP contribution in [-0.2, 0) is 14.3 Å². The zero-order valence-corrected chi connectivity index (χ0v) is 23.6. The fourth-order valence-electron chi connectivity index (χ4n) is 4.36. The van der Waals surface area contributed by atoms with Crippen LogP contribution >= 0.6 is 0 Å². The van der Waals surface area contributed by atoms with Gasteiger partial charge in [0.15, 0.2) is 11.5 Å². The number of carbonyl (C=O) groups is 2. The highest BCUT2D eigenvalue weighted by Crippen LogP contribution is 2.47. The zero-order valence-electron chi connectivity index (χ0n) is 23.6. The van der Waals surface area contributed by atoms with Crippen molar-refractivity contribution in [2.75, 3.05) is 14.2 Å². The van der Waals surface area contributed by atoms with E-state index in [0.29, 0.717) is 16.7 Å². The lowest BCUT2D eigenvalue weighted by Crippen LogP contribution is -2.49. The minimum Gasteiger partial charge on any atom is -0.493 e. The molecule has 0 spiro atoms. The molecule has 4 nitrogen and oxygen atoms in total. The summed E-state index contributed by atoms with van der Waals surface area (Å²) in [7, 11) is 3.12. The van der Waals surface area contributed by atoms with Crippen LogP contribution < -0.4 is 0 Å². The fraction of sp³-hybridized carbons (Fsp3) is 0.484. The molecular formula is C31H44O4.